The van der Waals surface area contributed by atoms with Crippen LogP contribution in [-0.4, -0.2) is 46.4 Å². The van der Waals surface area contributed by atoms with Gasteiger partial charge in [-0.3, -0.25) is 14.8 Å². The van der Waals surface area contributed by atoms with Crippen molar-refractivity contribution in [2.45, 2.75) is 39.3 Å². The number of nitrogens with one attached hydrogen (secondary N) is 2. The summed E-state index contributed by atoms with van der Waals surface area (Å²) in [5.74, 6) is 0.501. The Hall–Kier alpha value is -2.87. The Morgan fingerprint density at radius 2 is 1.96 bits per heavy atom. The maximum atomic E-state index is 12.4. The van der Waals surface area contributed by atoms with Crippen molar-refractivity contribution in [3.8, 4) is 0 Å². The van der Waals surface area contributed by atoms with Gasteiger partial charge in [-0.2, -0.15) is 5.10 Å². The van der Waals surface area contributed by atoms with Gasteiger partial charge in [0.25, 0.3) is 0 Å². The quantitative estimate of drug-likeness (QED) is 0.799. The zero-order valence-corrected chi connectivity index (χ0v) is 16.4. The Balaban J connectivity index is 1.62. The number of rotatable bonds is 6. The number of hydrogen-bond acceptors (Lipinski definition) is 4. The summed E-state index contributed by atoms with van der Waals surface area (Å²) in [5.41, 5.74) is 1.55. The molecule has 8 heteroatoms. The predicted octanol–water partition coefficient (Wildman–Crippen LogP) is 3.25. The van der Waals surface area contributed by atoms with Gasteiger partial charge >= 0.3 is 6.03 Å². The fourth-order valence-electron chi connectivity index (χ4n) is 3.26. The number of urea groups is 1. The van der Waals surface area contributed by atoms with Crippen LogP contribution in [0.2, 0.25) is 0 Å². The second kappa shape index (κ2) is 9.36. The minimum atomic E-state index is -0.365. The zero-order chi connectivity index (χ0) is 19.9. The summed E-state index contributed by atoms with van der Waals surface area (Å²) < 4.78 is 7.26. The fraction of sp³-hybridized carbons (Fsp3) is 0.450. The monoisotopic (exact) mass is 385 g/mol. The first-order valence-electron chi connectivity index (χ1n) is 9.61. The summed E-state index contributed by atoms with van der Waals surface area (Å²) >= 11 is 0. The lowest BCUT2D eigenvalue weighted by Gasteiger charge is -2.22. The molecule has 0 bridgehead atoms. The number of para-hydroxylation sites is 1. The van der Waals surface area contributed by atoms with Gasteiger partial charge in [-0.05, 0) is 31.4 Å². The molecule has 1 saturated heterocycles. The van der Waals surface area contributed by atoms with Crippen LogP contribution in [0, 0.1) is 0 Å². The molecule has 1 fully saturated rings. The van der Waals surface area contributed by atoms with Crippen LogP contribution in [0.25, 0.3) is 0 Å². The first-order valence-corrected chi connectivity index (χ1v) is 9.61. The molecule has 0 unspecified atom stereocenters. The van der Waals surface area contributed by atoms with Crippen molar-refractivity contribution in [2.24, 2.45) is 0 Å². The van der Waals surface area contributed by atoms with Crippen molar-refractivity contribution in [3.05, 3.63) is 42.1 Å². The summed E-state index contributed by atoms with van der Waals surface area (Å²) in [6.07, 6.45) is 3.72. The summed E-state index contributed by atoms with van der Waals surface area (Å²) in [4.78, 5) is 25.8. The molecule has 0 saturated carbocycles. The van der Waals surface area contributed by atoms with Crippen molar-refractivity contribution in [1.29, 1.82) is 0 Å². The average Bonchev–Trinajstić information content (AvgIpc) is 3.16. The summed E-state index contributed by atoms with van der Waals surface area (Å²) in [7, 11) is 0. The molecule has 1 aromatic heterocycles. The number of benzene rings is 1. The molecule has 3 amide bonds. The Morgan fingerprint density at radius 1 is 1.21 bits per heavy atom. The molecule has 0 atom stereocenters. The van der Waals surface area contributed by atoms with E-state index in [2.05, 4.69) is 15.7 Å². The molecule has 0 spiro atoms. The number of aromatic nitrogens is 2. The van der Waals surface area contributed by atoms with Crippen LogP contribution in [0.15, 0.2) is 36.5 Å². The zero-order valence-electron chi connectivity index (χ0n) is 16.4. The highest BCUT2D eigenvalue weighted by Gasteiger charge is 2.17. The first kappa shape index (κ1) is 19.9. The van der Waals surface area contributed by atoms with E-state index in [4.69, 9.17) is 4.74 Å². The minimum absolute atomic E-state index is 0.000377. The van der Waals surface area contributed by atoms with Crippen LogP contribution in [0.5, 0.6) is 0 Å². The Labute approximate surface area is 164 Å². The number of carbonyl (C=O) groups excluding carboxylic acids is 2. The average molecular weight is 385 g/mol. The van der Waals surface area contributed by atoms with E-state index in [1.807, 2.05) is 42.1 Å². The molecule has 0 aliphatic carbocycles. The van der Waals surface area contributed by atoms with Crippen molar-refractivity contribution in [1.82, 2.24) is 14.7 Å². The topological polar surface area (TPSA) is 88.5 Å². The van der Waals surface area contributed by atoms with Crippen LogP contribution in [-0.2, 0) is 16.1 Å². The lowest BCUT2D eigenvalue weighted by atomic mass is 10.1. The third-order valence-electron chi connectivity index (χ3n) is 4.87. The van der Waals surface area contributed by atoms with Crippen molar-refractivity contribution in [2.75, 3.05) is 30.4 Å². The lowest BCUT2D eigenvalue weighted by molar-refractivity contribution is -0.129. The molecule has 1 aromatic carbocycles. The largest absolute Gasteiger partial charge is 0.381 e. The Bertz CT molecular complexity index is 814. The number of nitrogens with zero attached hydrogens (tertiary/aromatic N) is 3. The normalized spacial score (nSPS) is 14.5. The maximum absolute atomic E-state index is 12.4. The SMILES string of the molecule is CCN(Cc1ccccc1NC(=O)Nc1ccn(C2CCOCC2)n1)C(C)=O. The molecule has 2 N–H and O–H groups in total. The van der Waals surface area contributed by atoms with E-state index in [0.717, 1.165) is 31.6 Å². The van der Waals surface area contributed by atoms with Gasteiger partial charge in [-0.15, -0.1) is 0 Å². The molecule has 0 radical (unpaired) electrons. The van der Waals surface area contributed by atoms with Gasteiger partial charge in [0.05, 0.1) is 6.04 Å². The molecular weight excluding hydrogens is 358 g/mol. The Kier molecular flexibility index (Phi) is 6.65. The number of amides is 3. The number of hydrogen-bond donors (Lipinski definition) is 2. The van der Waals surface area contributed by atoms with E-state index < -0.39 is 0 Å². The second-order valence-corrected chi connectivity index (χ2v) is 6.79. The summed E-state index contributed by atoms with van der Waals surface area (Å²) in [6.45, 7) is 6.00. The molecule has 1 aliphatic heterocycles. The molecule has 2 aromatic rings. The molecule has 8 nitrogen and oxygen atoms in total. The first-order chi connectivity index (χ1) is 13.6. The van der Waals surface area contributed by atoms with E-state index in [9.17, 15) is 9.59 Å². The van der Waals surface area contributed by atoms with Crippen LogP contribution >= 0.6 is 0 Å². The number of ether oxygens (including phenoxy) is 1. The third-order valence-corrected chi connectivity index (χ3v) is 4.87. The van der Waals surface area contributed by atoms with Gasteiger partial charge in [0, 0.05) is 51.2 Å². The van der Waals surface area contributed by atoms with Gasteiger partial charge in [0.2, 0.25) is 5.91 Å². The van der Waals surface area contributed by atoms with E-state index in [0.29, 0.717) is 30.6 Å². The lowest BCUT2D eigenvalue weighted by Crippen LogP contribution is -2.28. The highest BCUT2D eigenvalue weighted by Crippen LogP contribution is 2.21. The Morgan fingerprint density at radius 3 is 2.68 bits per heavy atom. The molecule has 3 rings (SSSR count). The van der Waals surface area contributed by atoms with Crippen LogP contribution in [0.4, 0.5) is 16.3 Å². The van der Waals surface area contributed by atoms with Gasteiger partial charge in [0.15, 0.2) is 5.82 Å². The number of carbonyl (C=O) groups is 2. The maximum Gasteiger partial charge on any atom is 0.324 e. The van der Waals surface area contributed by atoms with Crippen molar-refractivity contribution >= 4 is 23.4 Å². The summed E-state index contributed by atoms with van der Waals surface area (Å²) in [5, 5.41) is 10.1. The smallest absolute Gasteiger partial charge is 0.324 e. The van der Waals surface area contributed by atoms with Gasteiger partial charge in [-0.1, -0.05) is 18.2 Å². The number of anilines is 2. The van der Waals surface area contributed by atoms with E-state index >= 15 is 0 Å². The predicted molar refractivity (Wildman–Crippen MR) is 107 cm³/mol. The van der Waals surface area contributed by atoms with E-state index in [1.165, 1.54) is 0 Å². The second-order valence-electron chi connectivity index (χ2n) is 6.79. The third kappa shape index (κ3) is 5.10. The fourth-order valence-corrected chi connectivity index (χ4v) is 3.26. The highest BCUT2D eigenvalue weighted by molar-refractivity contribution is 5.99. The van der Waals surface area contributed by atoms with Crippen molar-refractivity contribution in [3.63, 3.8) is 0 Å². The van der Waals surface area contributed by atoms with Crippen LogP contribution in [0.1, 0.15) is 38.3 Å². The summed E-state index contributed by atoms with van der Waals surface area (Å²) in [6, 6.07) is 9.20. The van der Waals surface area contributed by atoms with Crippen LogP contribution < -0.4 is 10.6 Å². The van der Waals surface area contributed by atoms with Crippen LogP contribution in [0.3, 0.4) is 0 Å². The molecule has 1 aliphatic rings. The molecular formula is C20H27N5O3. The van der Waals surface area contributed by atoms with Gasteiger partial charge in [0.1, 0.15) is 0 Å². The standard InChI is InChI=1S/C20H27N5O3/c1-3-24(15(2)26)14-16-6-4-5-7-18(16)21-20(27)22-19-8-11-25(23-19)17-9-12-28-13-10-17/h4-8,11,17H,3,9-10,12-14H2,1-2H3,(H2,21,22,23,27). The highest BCUT2D eigenvalue weighted by atomic mass is 16.5. The van der Waals surface area contributed by atoms with Gasteiger partial charge in [-0.25, -0.2) is 4.79 Å². The van der Waals surface area contributed by atoms with Crippen molar-refractivity contribution < 1.29 is 14.3 Å². The molecule has 28 heavy (non-hydrogen) atoms. The van der Waals surface area contributed by atoms with E-state index in [-0.39, 0.29) is 11.9 Å². The minimum Gasteiger partial charge on any atom is -0.381 e. The molecule has 150 valence electrons. The van der Waals surface area contributed by atoms with Gasteiger partial charge < -0.3 is 15.0 Å². The molecule has 2 heterocycles. The van der Waals surface area contributed by atoms with E-state index in [1.54, 1.807) is 17.9 Å².